The predicted molar refractivity (Wildman–Crippen MR) is 58.9 cm³/mol. The third kappa shape index (κ3) is 2.84. The van der Waals surface area contributed by atoms with E-state index < -0.39 is 6.43 Å². The second kappa shape index (κ2) is 5.35. The van der Waals surface area contributed by atoms with Gasteiger partial charge in [0.2, 0.25) is 0 Å². The summed E-state index contributed by atoms with van der Waals surface area (Å²) >= 11 is 3.15. The number of hydrogen-bond acceptors (Lipinski definition) is 1. The molecule has 0 aliphatic rings. The average molecular weight is 277 g/mol. The van der Waals surface area contributed by atoms with E-state index in [4.69, 9.17) is 0 Å². The maximum Gasteiger partial charge on any atom is 0.264 e. The van der Waals surface area contributed by atoms with Gasteiger partial charge in [-0.3, -0.25) is 4.79 Å². The van der Waals surface area contributed by atoms with E-state index in [-0.39, 0.29) is 11.3 Å². The Kier molecular flexibility index (Phi) is 4.39. The summed E-state index contributed by atoms with van der Waals surface area (Å²) < 4.78 is 25.1. The molecule has 0 saturated carbocycles. The van der Waals surface area contributed by atoms with Crippen LogP contribution in [0.5, 0.6) is 0 Å². The van der Waals surface area contributed by atoms with E-state index >= 15 is 0 Å². The molecule has 0 amide bonds. The first-order chi connectivity index (χ1) is 7.07. The van der Waals surface area contributed by atoms with Crippen LogP contribution in [0, 0.1) is 6.92 Å². The van der Waals surface area contributed by atoms with Gasteiger partial charge < -0.3 is 0 Å². The Morgan fingerprint density at radius 3 is 2.67 bits per heavy atom. The van der Waals surface area contributed by atoms with Crippen LogP contribution in [-0.2, 0) is 0 Å². The molecule has 1 aromatic rings. The molecule has 0 aliphatic carbocycles. The molecule has 1 aromatic carbocycles. The molecular weight excluding hydrogens is 266 g/mol. The normalized spacial score (nSPS) is 10.7. The number of hydrogen-bond donors (Lipinski definition) is 0. The third-order valence-electron chi connectivity index (χ3n) is 2.23. The Morgan fingerprint density at radius 2 is 2.13 bits per heavy atom. The second-order valence-electron chi connectivity index (χ2n) is 3.18. The van der Waals surface area contributed by atoms with E-state index in [9.17, 15) is 13.6 Å². The van der Waals surface area contributed by atoms with Gasteiger partial charge in [0.1, 0.15) is 0 Å². The molecule has 1 rings (SSSR count). The highest BCUT2D eigenvalue weighted by Gasteiger charge is 2.15. The van der Waals surface area contributed by atoms with Crippen molar-refractivity contribution in [1.29, 1.82) is 0 Å². The topological polar surface area (TPSA) is 17.1 Å². The van der Waals surface area contributed by atoms with E-state index in [1.807, 2.05) is 0 Å². The zero-order valence-corrected chi connectivity index (χ0v) is 9.85. The Balaban J connectivity index is 3.09. The van der Waals surface area contributed by atoms with Gasteiger partial charge in [0.15, 0.2) is 5.78 Å². The van der Waals surface area contributed by atoms with Crippen LogP contribution in [0.15, 0.2) is 18.2 Å². The highest BCUT2D eigenvalue weighted by atomic mass is 79.9. The number of halogens is 3. The van der Waals surface area contributed by atoms with Crippen LogP contribution in [0.4, 0.5) is 8.78 Å². The van der Waals surface area contributed by atoms with Crippen molar-refractivity contribution in [3.8, 4) is 0 Å². The van der Waals surface area contributed by atoms with Crippen molar-refractivity contribution in [2.45, 2.75) is 19.8 Å². The summed E-state index contributed by atoms with van der Waals surface area (Å²) in [6.45, 7) is 1.56. The molecule has 82 valence electrons. The third-order valence-corrected chi connectivity index (χ3v) is 2.63. The van der Waals surface area contributed by atoms with Crippen LogP contribution in [0.2, 0.25) is 0 Å². The zero-order valence-electron chi connectivity index (χ0n) is 8.27. The molecule has 0 aromatic heterocycles. The van der Waals surface area contributed by atoms with Gasteiger partial charge in [0, 0.05) is 22.9 Å². The van der Waals surface area contributed by atoms with Crippen molar-refractivity contribution in [2.24, 2.45) is 0 Å². The zero-order chi connectivity index (χ0) is 11.4. The van der Waals surface area contributed by atoms with Crippen LogP contribution < -0.4 is 0 Å². The lowest BCUT2D eigenvalue weighted by Crippen LogP contribution is -2.04. The molecule has 4 heteroatoms. The van der Waals surface area contributed by atoms with Gasteiger partial charge in [-0.1, -0.05) is 34.1 Å². The number of alkyl halides is 3. The van der Waals surface area contributed by atoms with Crippen LogP contribution in [0.25, 0.3) is 0 Å². The van der Waals surface area contributed by atoms with Crippen molar-refractivity contribution in [3.63, 3.8) is 0 Å². The van der Waals surface area contributed by atoms with Crippen molar-refractivity contribution in [2.75, 3.05) is 5.33 Å². The van der Waals surface area contributed by atoms with E-state index in [1.54, 1.807) is 13.0 Å². The fourth-order valence-electron chi connectivity index (χ4n) is 1.41. The highest BCUT2D eigenvalue weighted by Crippen LogP contribution is 2.25. The number of Topliss-reactive ketones (excluding diaryl/α,β-unsaturated/α-hetero) is 1. The summed E-state index contributed by atoms with van der Waals surface area (Å²) in [7, 11) is 0. The van der Waals surface area contributed by atoms with Gasteiger partial charge in [-0.05, 0) is 12.5 Å². The van der Waals surface area contributed by atoms with Gasteiger partial charge in [-0.15, -0.1) is 0 Å². The molecule has 15 heavy (non-hydrogen) atoms. The maximum atomic E-state index is 12.5. The fraction of sp³-hybridized carbons (Fsp3) is 0.364. The minimum Gasteiger partial charge on any atom is -0.294 e. The lowest BCUT2D eigenvalue weighted by atomic mass is 9.98. The van der Waals surface area contributed by atoms with Crippen molar-refractivity contribution in [1.82, 2.24) is 0 Å². The molecular formula is C11H11BrF2O. The molecule has 0 heterocycles. The Morgan fingerprint density at radius 1 is 1.47 bits per heavy atom. The van der Waals surface area contributed by atoms with Gasteiger partial charge in [-0.25, -0.2) is 8.78 Å². The lowest BCUT2D eigenvalue weighted by molar-refractivity contribution is 0.0988. The predicted octanol–water partition coefficient (Wildman–Crippen LogP) is 3.90. The highest BCUT2D eigenvalue weighted by molar-refractivity contribution is 9.09. The molecule has 0 bridgehead atoms. The first kappa shape index (κ1) is 12.3. The number of carbonyl (C=O) groups is 1. The van der Waals surface area contributed by atoms with Gasteiger partial charge >= 0.3 is 0 Å². The maximum absolute atomic E-state index is 12.5. The van der Waals surface area contributed by atoms with Gasteiger partial charge in [-0.2, -0.15) is 0 Å². The van der Waals surface area contributed by atoms with Crippen molar-refractivity contribution in [3.05, 3.63) is 34.9 Å². The molecule has 0 aliphatic heterocycles. The largest absolute Gasteiger partial charge is 0.294 e. The molecule has 0 spiro atoms. The number of rotatable bonds is 4. The summed E-state index contributed by atoms with van der Waals surface area (Å²) in [5.41, 5.74) is 0.723. The summed E-state index contributed by atoms with van der Waals surface area (Å²) in [5.74, 6) is -0.105. The molecule has 0 fully saturated rings. The van der Waals surface area contributed by atoms with Crippen LogP contribution >= 0.6 is 15.9 Å². The Labute approximate surface area is 95.6 Å². The second-order valence-corrected chi connectivity index (χ2v) is 3.98. The SMILES string of the molecule is Cc1c(C(=O)CCBr)cccc1C(F)F. The lowest BCUT2D eigenvalue weighted by Gasteiger charge is -2.09. The van der Waals surface area contributed by atoms with E-state index in [2.05, 4.69) is 15.9 Å². The quantitative estimate of drug-likeness (QED) is 0.602. The van der Waals surface area contributed by atoms with Crippen molar-refractivity contribution < 1.29 is 13.6 Å². The van der Waals surface area contributed by atoms with Gasteiger partial charge in [0.25, 0.3) is 6.43 Å². The monoisotopic (exact) mass is 276 g/mol. The number of benzene rings is 1. The molecule has 0 atom stereocenters. The van der Waals surface area contributed by atoms with Crippen molar-refractivity contribution >= 4 is 21.7 Å². The standard InChI is InChI=1S/C11H11BrF2O/c1-7-8(10(15)5-6-12)3-2-4-9(7)11(13)14/h2-4,11H,5-6H2,1H3. The minimum atomic E-state index is -2.53. The minimum absolute atomic E-state index is 0.0598. The fourth-order valence-corrected chi connectivity index (χ4v) is 1.77. The summed E-state index contributed by atoms with van der Waals surface area (Å²) in [4.78, 5) is 11.6. The molecule has 0 saturated heterocycles. The smallest absolute Gasteiger partial charge is 0.264 e. The van der Waals surface area contributed by atoms with Crippen LogP contribution in [-0.4, -0.2) is 11.1 Å². The number of carbonyl (C=O) groups excluding carboxylic acids is 1. The summed E-state index contributed by atoms with van der Waals surface area (Å²) in [6.07, 6.45) is -2.20. The Bertz CT molecular complexity index is 364. The van der Waals surface area contributed by atoms with Gasteiger partial charge in [0.05, 0.1) is 0 Å². The molecule has 0 unspecified atom stereocenters. The number of ketones is 1. The average Bonchev–Trinajstić information content (AvgIpc) is 2.17. The van der Waals surface area contributed by atoms with E-state index in [0.717, 1.165) is 0 Å². The van der Waals surface area contributed by atoms with Crippen LogP contribution in [0.1, 0.15) is 34.3 Å². The molecule has 0 N–H and O–H groups in total. The van der Waals surface area contributed by atoms with E-state index in [1.165, 1.54) is 12.1 Å². The Hall–Kier alpha value is -0.770. The molecule has 0 radical (unpaired) electrons. The summed E-state index contributed by atoms with van der Waals surface area (Å²) in [6, 6.07) is 4.44. The van der Waals surface area contributed by atoms with Crippen LogP contribution in [0.3, 0.4) is 0 Å². The first-order valence-electron chi connectivity index (χ1n) is 4.54. The first-order valence-corrected chi connectivity index (χ1v) is 5.67. The molecule has 1 nitrogen and oxygen atoms in total. The van der Waals surface area contributed by atoms with E-state index in [0.29, 0.717) is 22.9 Å². The summed E-state index contributed by atoms with van der Waals surface area (Å²) in [5, 5.41) is 0.546.